The highest BCUT2D eigenvalue weighted by Crippen LogP contribution is 2.27. The number of hydrogen-bond donors (Lipinski definition) is 2. The molecule has 0 amide bonds. The molecule has 1 aromatic carbocycles. The van der Waals surface area contributed by atoms with Crippen LogP contribution >= 0.6 is 11.6 Å². The van der Waals surface area contributed by atoms with Crippen LogP contribution in [-0.2, 0) is 16.6 Å². The monoisotopic (exact) mass is 330 g/mol. The summed E-state index contributed by atoms with van der Waals surface area (Å²) in [5.41, 5.74) is 0.893. The predicted octanol–water partition coefficient (Wildman–Crippen LogP) is 2.92. The highest BCUT2D eigenvalue weighted by molar-refractivity contribution is 7.89. The van der Waals surface area contributed by atoms with Crippen LogP contribution < -0.4 is 10.0 Å². The summed E-state index contributed by atoms with van der Waals surface area (Å²) in [4.78, 5) is 0.235. The first kappa shape index (κ1) is 16.7. The van der Waals surface area contributed by atoms with Crippen molar-refractivity contribution in [3.05, 3.63) is 28.8 Å². The van der Waals surface area contributed by atoms with Gasteiger partial charge in [0, 0.05) is 18.1 Å². The van der Waals surface area contributed by atoms with Gasteiger partial charge in [-0.3, -0.25) is 0 Å². The first-order valence-corrected chi connectivity index (χ1v) is 9.32. The van der Waals surface area contributed by atoms with Gasteiger partial charge < -0.3 is 5.32 Å². The van der Waals surface area contributed by atoms with Crippen LogP contribution in [0.15, 0.2) is 23.1 Å². The van der Waals surface area contributed by atoms with E-state index in [4.69, 9.17) is 11.6 Å². The Morgan fingerprint density at radius 1 is 1.29 bits per heavy atom. The van der Waals surface area contributed by atoms with Crippen molar-refractivity contribution in [3.63, 3.8) is 0 Å². The molecule has 1 saturated carbocycles. The summed E-state index contributed by atoms with van der Waals surface area (Å²) in [6, 6.07) is 4.88. The largest absolute Gasteiger partial charge is 0.316 e. The molecule has 0 bridgehead atoms. The van der Waals surface area contributed by atoms with Crippen molar-refractivity contribution in [1.82, 2.24) is 10.0 Å². The third-order valence-electron chi connectivity index (χ3n) is 4.02. The molecule has 0 heterocycles. The van der Waals surface area contributed by atoms with E-state index in [1.165, 1.54) is 31.7 Å². The fraction of sp³-hybridized carbons (Fsp3) is 0.600. The maximum Gasteiger partial charge on any atom is 0.240 e. The number of sulfonamides is 1. The van der Waals surface area contributed by atoms with Crippen LogP contribution in [0.1, 0.15) is 37.7 Å². The van der Waals surface area contributed by atoms with Crippen LogP contribution in [0.3, 0.4) is 0 Å². The Morgan fingerprint density at radius 2 is 2.00 bits per heavy atom. The number of rotatable bonds is 7. The summed E-state index contributed by atoms with van der Waals surface area (Å²) in [6.45, 7) is 1.12. The van der Waals surface area contributed by atoms with Crippen molar-refractivity contribution < 1.29 is 8.42 Å². The molecule has 0 atom stereocenters. The van der Waals surface area contributed by atoms with Crippen molar-refractivity contribution in [3.8, 4) is 0 Å². The predicted molar refractivity (Wildman–Crippen MR) is 86.0 cm³/mol. The average molecular weight is 331 g/mol. The second kappa shape index (κ2) is 7.58. The zero-order valence-corrected chi connectivity index (χ0v) is 13.9. The van der Waals surface area contributed by atoms with Gasteiger partial charge in [0.1, 0.15) is 0 Å². The molecule has 2 rings (SSSR count). The molecule has 0 spiro atoms. The zero-order valence-electron chi connectivity index (χ0n) is 12.4. The van der Waals surface area contributed by atoms with E-state index < -0.39 is 10.0 Å². The van der Waals surface area contributed by atoms with Gasteiger partial charge in [0.25, 0.3) is 0 Å². The summed E-state index contributed by atoms with van der Waals surface area (Å²) >= 11 is 6.12. The van der Waals surface area contributed by atoms with Crippen molar-refractivity contribution >= 4 is 21.6 Å². The Labute approximate surface area is 132 Å². The Bertz CT molecular complexity index is 569. The van der Waals surface area contributed by atoms with Gasteiger partial charge in [-0.25, -0.2) is 13.1 Å². The van der Waals surface area contributed by atoms with E-state index in [2.05, 4.69) is 10.0 Å². The second-order valence-corrected chi connectivity index (χ2v) is 7.79. The van der Waals surface area contributed by atoms with Crippen LogP contribution in [-0.4, -0.2) is 22.0 Å². The summed E-state index contributed by atoms with van der Waals surface area (Å²) in [5, 5.41) is 3.47. The third kappa shape index (κ3) is 4.68. The van der Waals surface area contributed by atoms with Crippen LogP contribution in [0.2, 0.25) is 5.02 Å². The molecule has 1 aliphatic rings. The molecule has 0 aliphatic heterocycles. The Balaban J connectivity index is 1.96. The topological polar surface area (TPSA) is 58.2 Å². The van der Waals surface area contributed by atoms with Crippen LogP contribution in [0.5, 0.6) is 0 Å². The zero-order chi connectivity index (χ0) is 15.3. The smallest absolute Gasteiger partial charge is 0.240 e. The lowest BCUT2D eigenvalue weighted by Crippen LogP contribution is -2.26. The van der Waals surface area contributed by atoms with Gasteiger partial charge in [0.2, 0.25) is 10.0 Å². The molecule has 118 valence electrons. The Hall–Kier alpha value is -0.620. The standard InChI is InChI=1S/C15H23ClN2O2S/c1-17-11-13-6-7-14(10-15(13)16)21(19,20)18-9-8-12-4-2-3-5-12/h6-7,10,12,17-18H,2-5,8-9,11H2,1H3. The lowest BCUT2D eigenvalue weighted by Gasteiger charge is -2.11. The minimum Gasteiger partial charge on any atom is -0.316 e. The van der Waals surface area contributed by atoms with E-state index in [9.17, 15) is 8.42 Å². The Kier molecular flexibility index (Phi) is 6.05. The summed E-state index contributed by atoms with van der Waals surface area (Å²) in [6.07, 6.45) is 5.93. The van der Waals surface area contributed by atoms with Crippen molar-refractivity contribution in [1.29, 1.82) is 0 Å². The van der Waals surface area contributed by atoms with Crippen LogP contribution in [0.4, 0.5) is 0 Å². The quantitative estimate of drug-likeness (QED) is 0.808. The molecule has 6 heteroatoms. The number of nitrogens with one attached hydrogen (secondary N) is 2. The lowest BCUT2D eigenvalue weighted by molar-refractivity contribution is 0.495. The molecule has 0 aromatic heterocycles. The first-order valence-electron chi connectivity index (χ1n) is 7.45. The maximum absolute atomic E-state index is 12.2. The molecule has 21 heavy (non-hydrogen) atoms. The van der Waals surface area contributed by atoms with Gasteiger partial charge in [0.15, 0.2) is 0 Å². The second-order valence-electron chi connectivity index (χ2n) is 5.62. The normalized spacial score (nSPS) is 16.5. The molecule has 1 aromatic rings. The molecule has 1 aliphatic carbocycles. The van der Waals surface area contributed by atoms with Gasteiger partial charge in [-0.1, -0.05) is 43.4 Å². The minimum absolute atomic E-state index is 0.235. The summed E-state index contributed by atoms with van der Waals surface area (Å²) in [7, 11) is -1.64. The summed E-state index contributed by atoms with van der Waals surface area (Å²) in [5.74, 6) is 0.675. The fourth-order valence-electron chi connectivity index (χ4n) is 2.81. The molecule has 0 unspecified atom stereocenters. The van der Waals surface area contributed by atoms with E-state index in [-0.39, 0.29) is 4.90 Å². The summed E-state index contributed by atoms with van der Waals surface area (Å²) < 4.78 is 27.2. The van der Waals surface area contributed by atoms with E-state index in [0.717, 1.165) is 12.0 Å². The van der Waals surface area contributed by atoms with Gasteiger partial charge in [-0.05, 0) is 37.1 Å². The number of benzene rings is 1. The molecule has 0 saturated heterocycles. The van der Waals surface area contributed by atoms with E-state index in [1.807, 2.05) is 7.05 Å². The third-order valence-corrected chi connectivity index (χ3v) is 5.83. The maximum atomic E-state index is 12.2. The molecule has 0 radical (unpaired) electrons. The molecule has 4 nitrogen and oxygen atoms in total. The van der Waals surface area contributed by atoms with Crippen LogP contribution in [0.25, 0.3) is 0 Å². The fourth-order valence-corrected chi connectivity index (χ4v) is 4.19. The highest BCUT2D eigenvalue weighted by atomic mass is 35.5. The van der Waals surface area contributed by atoms with Gasteiger partial charge in [0.05, 0.1) is 4.90 Å². The first-order chi connectivity index (χ1) is 10.0. The minimum atomic E-state index is -3.46. The van der Waals surface area contributed by atoms with E-state index in [0.29, 0.717) is 24.0 Å². The molecular formula is C15H23ClN2O2S. The Morgan fingerprint density at radius 3 is 2.62 bits per heavy atom. The van der Waals surface area contributed by atoms with Crippen molar-refractivity contribution in [2.24, 2.45) is 5.92 Å². The van der Waals surface area contributed by atoms with Gasteiger partial charge in [-0.15, -0.1) is 0 Å². The van der Waals surface area contributed by atoms with Crippen molar-refractivity contribution in [2.45, 2.75) is 43.5 Å². The van der Waals surface area contributed by atoms with Crippen LogP contribution in [0, 0.1) is 5.92 Å². The van der Waals surface area contributed by atoms with E-state index >= 15 is 0 Å². The van der Waals surface area contributed by atoms with E-state index in [1.54, 1.807) is 12.1 Å². The lowest BCUT2D eigenvalue weighted by atomic mass is 10.1. The van der Waals surface area contributed by atoms with Crippen molar-refractivity contribution in [2.75, 3.05) is 13.6 Å². The molecule has 1 fully saturated rings. The molecular weight excluding hydrogens is 308 g/mol. The number of halogens is 1. The van der Waals surface area contributed by atoms with Gasteiger partial charge >= 0.3 is 0 Å². The average Bonchev–Trinajstić information content (AvgIpc) is 2.94. The molecule has 2 N–H and O–H groups in total. The van der Waals surface area contributed by atoms with Gasteiger partial charge in [-0.2, -0.15) is 0 Å². The SMILES string of the molecule is CNCc1ccc(S(=O)(=O)NCCC2CCCC2)cc1Cl. The number of hydrogen-bond acceptors (Lipinski definition) is 3. The highest BCUT2D eigenvalue weighted by Gasteiger charge is 2.18.